The van der Waals surface area contributed by atoms with Crippen molar-refractivity contribution in [1.29, 1.82) is 0 Å². The zero-order valence-electron chi connectivity index (χ0n) is 12.7. The number of amides is 1. The Bertz CT molecular complexity index is 707. The zero-order valence-corrected chi connectivity index (χ0v) is 13.5. The van der Waals surface area contributed by atoms with Gasteiger partial charge in [0.05, 0.1) is 0 Å². The molecule has 2 heterocycles. The van der Waals surface area contributed by atoms with Crippen LogP contribution in [0.3, 0.4) is 0 Å². The van der Waals surface area contributed by atoms with Crippen LogP contribution in [0.2, 0.25) is 0 Å². The predicted molar refractivity (Wildman–Crippen MR) is 78.0 cm³/mol. The predicted octanol–water partition coefficient (Wildman–Crippen LogP) is -0.0354. The highest BCUT2D eigenvalue weighted by Gasteiger charge is 2.40. The minimum Gasteiger partial charge on any atom is -0.480 e. The first kappa shape index (κ1) is 16.5. The van der Waals surface area contributed by atoms with Crippen LogP contribution in [0.15, 0.2) is 17.2 Å². The Kier molecular flexibility index (Phi) is 4.30. The van der Waals surface area contributed by atoms with Gasteiger partial charge in [-0.05, 0) is 18.9 Å². The molecule has 8 nitrogen and oxygen atoms in total. The molecule has 122 valence electrons. The molecule has 1 fully saturated rings. The summed E-state index contributed by atoms with van der Waals surface area (Å²) in [7, 11) is 0.793. The summed E-state index contributed by atoms with van der Waals surface area (Å²) in [5, 5.41) is 9.14. The number of nitrogens with zero attached hydrogens (tertiary/aromatic N) is 3. The van der Waals surface area contributed by atoms with Crippen LogP contribution in [0.5, 0.6) is 0 Å². The van der Waals surface area contributed by atoms with Crippen molar-refractivity contribution in [2.24, 2.45) is 7.05 Å². The van der Waals surface area contributed by atoms with Crippen molar-refractivity contribution in [3.8, 4) is 0 Å². The summed E-state index contributed by atoms with van der Waals surface area (Å²) in [4.78, 5) is 24.5. The minimum absolute atomic E-state index is 0.0617. The van der Waals surface area contributed by atoms with Crippen molar-refractivity contribution >= 4 is 21.9 Å². The van der Waals surface area contributed by atoms with Gasteiger partial charge in [-0.3, -0.25) is 9.59 Å². The van der Waals surface area contributed by atoms with Gasteiger partial charge in [-0.1, -0.05) is 0 Å². The van der Waals surface area contributed by atoms with E-state index < -0.39 is 22.0 Å². The molecule has 1 saturated heterocycles. The first-order valence-electron chi connectivity index (χ1n) is 6.79. The molecule has 1 aliphatic rings. The van der Waals surface area contributed by atoms with Gasteiger partial charge in [0.2, 0.25) is 10.0 Å². The maximum atomic E-state index is 12.6. The van der Waals surface area contributed by atoms with E-state index in [9.17, 15) is 18.0 Å². The summed E-state index contributed by atoms with van der Waals surface area (Å²) in [6.07, 6.45) is 2.14. The molecule has 1 unspecified atom stereocenters. The first-order chi connectivity index (χ1) is 10.2. The van der Waals surface area contributed by atoms with Crippen molar-refractivity contribution in [3.05, 3.63) is 18.0 Å². The topological polar surface area (TPSA) is 99.9 Å². The third kappa shape index (κ3) is 2.73. The van der Waals surface area contributed by atoms with Gasteiger partial charge < -0.3 is 14.6 Å². The summed E-state index contributed by atoms with van der Waals surface area (Å²) in [6, 6.07) is 0.243. The van der Waals surface area contributed by atoms with Gasteiger partial charge >= 0.3 is 5.97 Å². The van der Waals surface area contributed by atoms with E-state index in [0.717, 1.165) is 4.31 Å². The Morgan fingerprint density at radius 2 is 2.00 bits per heavy atom. The van der Waals surface area contributed by atoms with Gasteiger partial charge in [-0.2, -0.15) is 4.31 Å². The molecule has 1 aliphatic heterocycles. The highest BCUT2D eigenvalue weighted by atomic mass is 32.2. The number of carboxylic acids is 1. The quantitative estimate of drug-likeness (QED) is 0.836. The fraction of sp³-hybridized carbons (Fsp3) is 0.538. The largest absolute Gasteiger partial charge is 0.480 e. The van der Waals surface area contributed by atoms with Crippen LogP contribution in [-0.2, 0) is 21.9 Å². The zero-order chi connectivity index (χ0) is 16.7. The Hall–Kier alpha value is -1.87. The SMILES string of the molecule is CN(C)C(=O)c1cc(S(=O)(=O)N2CCCC2C(=O)O)cn1C. The molecule has 1 N–H and O–H groups in total. The molecular weight excluding hydrogens is 310 g/mol. The normalized spacial score (nSPS) is 19.3. The molecule has 0 radical (unpaired) electrons. The lowest BCUT2D eigenvalue weighted by Gasteiger charge is -2.20. The number of aryl methyl sites for hydroxylation is 1. The van der Waals surface area contributed by atoms with E-state index in [0.29, 0.717) is 12.8 Å². The van der Waals surface area contributed by atoms with E-state index in [-0.39, 0.29) is 23.0 Å². The second-order valence-corrected chi connectivity index (χ2v) is 7.37. The van der Waals surface area contributed by atoms with Crippen LogP contribution < -0.4 is 0 Å². The second kappa shape index (κ2) is 5.73. The van der Waals surface area contributed by atoms with Crippen molar-refractivity contribution in [3.63, 3.8) is 0 Å². The van der Waals surface area contributed by atoms with Crippen molar-refractivity contribution in [1.82, 2.24) is 13.8 Å². The molecule has 0 bridgehead atoms. The maximum Gasteiger partial charge on any atom is 0.322 e. The van der Waals surface area contributed by atoms with Gasteiger partial charge in [0, 0.05) is 33.9 Å². The Balaban J connectivity index is 2.41. The van der Waals surface area contributed by atoms with Gasteiger partial charge in [0.15, 0.2) is 0 Å². The second-order valence-electron chi connectivity index (χ2n) is 5.48. The van der Waals surface area contributed by atoms with Gasteiger partial charge in [0.25, 0.3) is 5.91 Å². The van der Waals surface area contributed by atoms with Gasteiger partial charge in [0.1, 0.15) is 16.6 Å². The number of hydrogen-bond acceptors (Lipinski definition) is 4. The third-order valence-corrected chi connectivity index (χ3v) is 5.57. The van der Waals surface area contributed by atoms with Crippen LogP contribution in [0.1, 0.15) is 23.3 Å². The number of carboxylic acid groups (broad SMARTS) is 1. The molecule has 0 saturated carbocycles. The number of rotatable bonds is 4. The molecule has 2 rings (SSSR count). The molecule has 0 aromatic carbocycles. The standard InChI is InChI=1S/C13H19N3O5S/c1-14(2)12(17)11-7-9(8-15(11)3)22(20,21)16-6-4-5-10(16)13(18)19/h7-8,10H,4-6H2,1-3H3,(H,18,19). The Labute approximate surface area is 129 Å². The van der Waals surface area contributed by atoms with E-state index in [1.54, 1.807) is 21.1 Å². The lowest BCUT2D eigenvalue weighted by Crippen LogP contribution is -2.40. The van der Waals surface area contributed by atoms with Crippen LogP contribution in [-0.4, -0.2) is 65.9 Å². The van der Waals surface area contributed by atoms with Crippen molar-refractivity contribution in [2.75, 3.05) is 20.6 Å². The van der Waals surface area contributed by atoms with E-state index in [1.807, 2.05) is 0 Å². The fourth-order valence-corrected chi connectivity index (χ4v) is 4.25. The summed E-state index contributed by atoms with van der Waals surface area (Å²) < 4.78 is 27.7. The lowest BCUT2D eigenvalue weighted by molar-refractivity contribution is -0.140. The third-order valence-electron chi connectivity index (χ3n) is 3.70. The van der Waals surface area contributed by atoms with Gasteiger partial charge in [-0.15, -0.1) is 0 Å². The molecule has 22 heavy (non-hydrogen) atoms. The molecule has 1 atom stereocenters. The smallest absolute Gasteiger partial charge is 0.322 e. The van der Waals surface area contributed by atoms with Crippen molar-refractivity contribution < 1.29 is 23.1 Å². The highest BCUT2D eigenvalue weighted by molar-refractivity contribution is 7.89. The van der Waals surface area contributed by atoms with Gasteiger partial charge in [-0.25, -0.2) is 8.42 Å². The average molecular weight is 329 g/mol. The number of sulfonamides is 1. The Morgan fingerprint density at radius 1 is 1.36 bits per heavy atom. The molecule has 9 heteroatoms. The molecule has 1 amide bonds. The molecule has 0 aliphatic carbocycles. The summed E-state index contributed by atoms with van der Waals surface area (Å²) in [6.45, 7) is 0.172. The number of carbonyl (C=O) groups excluding carboxylic acids is 1. The van der Waals surface area contributed by atoms with E-state index in [4.69, 9.17) is 5.11 Å². The van der Waals surface area contributed by atoms with Crippen LogP contribution in [0.4, 0.5) is 0 Å². The number of aromatic nitrogens is 1. The first-order valence-corrected chi connectivity index (χ1v) is 8.23. The number of hydrogen-bond donors (Lipinski definition) is 1. The molecule has 1 aromatic heterocycles. The minimum atomic E-state index is -3.93. The molecule has 1 aromatic rings. The summed E-state index contributed by atoms with van der Waals surface area (Å²) >= 11 is 0. The summed E-state index contributed by atoms with van der Waals surface area (Å²) in [5.41, 5.74) is 0.231. The van der Waals surface area contributed by atoms with E-state index in [1.165, 1.54) is 21.7 Å². The van der Waals surface area contributed by atoms with Crippen LogP contribution in [0.25, 0.3) is 0 Å². The fourth-order valence-electron chi connectivity index (χ4n) is 2.53. The monoisotopic (exact) mass is 329 g/mol. The number of aliphatic carboxylic acids is 1. The average Bonchev–Trinajstić information content (AvgIpc) is 3.04. The summed E-state index contributed by atoms with van der Waals surface area (Å²) in [5.74, 6) is -1.47. The maximum absolute atomic E-state index is 12.6. The van der Waals surface area contributed by atoms with Crippen molar-refractivity contribution in [2.45, 2.75) is 23.8 Å². The highest BCUT2D eigenvalue weighted by Crippen LogP contribution is 2.27. The van der Waals surface area contributed by atoms with E-state index >= 15 is 0 Å². The Morgan fingerprint density at radius 3 is 2.55 bits per heavy atom. The van der Waals surface area contributed by atoms with Crippen LogP contribution >= 0.6 is 0 Å². The number of carbonyl (C=O) groups is 2. The van der Waals surface area contributed by atoms with Crippen LogP contribution in [0, 0.1) is 0 Å². The molecule has 0 spiro atoms. The lowest BCUT2D eigenvalue weighted by atomic mass is 10.2. The molecular formula is C13H19N3O5S. The van der Waals surface area contributed by atoms with E-state index in [2.05, 4.69) is 0 Å².